The summed E-state index contributed by atoms with van der Waals surface area (Å²) in [6.45, 7) is 1.87. The Labute approximate surface area is 105 Å². The van der Waals surface area contributed by atoms with E-state index in [9.17, 15) is 13.6 Å². The smallest absolute Gasteiger partial charge is 0.162 e. The molecule has 1 N–H and O–H groups in total. The van der Waals surface area contributed by atoms with Gasteiger partial charge >= 0.3 is 0 Å². The summed E-state index contributed by atoms with van der Waals surface area (Å²) in [6.07, 6.45) is 2.43. The van der Waals surface area contributed by atoms with E-state index in [1.165, 1.54) is 12.1 Å². The summed E-state index contributed by atoms with van der Waals surface area (Å²) >= 11 is 0. The van der Waals surface area contributed by atoms with Gasteiger partial charge in [-0.1, -0.05) is 12.1 Å². The summed E-state index contributed by atoms with van der Waals surface area (Å²) in [5.74, 6) is -1.40. The van der Waals surface area contributed by atoms with Crippen molar-refractivity contribution < 1.29 is 13.6 Å². The van der Waals surface area contributed by atoms with Crippen LogP contribution in [-0.4, -0.2) is 18.9 Å². The van der Waals surface area contributed by atoms with Crippen LogP contribution in [0.25, 0.3) is 0 Å². The van der Waals surface area contributed by atoms with E-state index in [1.807, 2.05) is 0 Å². The maximum Gasteiger partial charge on any atom is 0.162 e. The van der Waals surface area contributed by atoms with Crippen LogP contribution in [0.4, 0.5) is 8.78 Å². The molecule has 98 valence electrons. The standard InChI is InChI=1S/C14H17F2NO/c15-13-3-1-2-11(14(13)16)9-12(18)8-10-4-6-17-7-5-10/h1-3,10,17H,4-9H2. The summed E-state index contributed by atoms with van der Waals surface area (Å²) in [7, 11) is 0. The minimum Gasteiger partial charge on any atom is -0.317 e. The Kier molecular flexibility index (Phi) is 4.42. The van der Waals surface area contributed by atoms with Crippen molar-refractivity contribution in [3.8, 4) is 0 Å². The highest BCUT2D eigenvalue weighted by molar-refractivity contribution is 5.81. The van der Waals surface area contributed by atoms with Gasteiger partial charge in [-0.3, -0.25) is 4.79 Å². The van der Waals surface area contributed by atoms with E-state index in [4.69, 9.17) is 0 Å². The Balaban J connectivity index is 1.92. The lowest BCUT2D eigenvalue weighted by Crippen LogP contribution is -2.29. The maximum atomic E-state index is 13.4. The second-order valence-corrected chi connectivity index (χ2v) is 4.83. The number of benzene rings is 1. The van der Waals surface area contributed by atoms with Crippen molar-refractivity contribution in [2.24, 2.45) is 5.92 Å². The van der Waals surface area contributed by atoms with Crippen molar-refractivity contribution in [2.75, 3.05) is 13.1 Å². The molecule has 18 heavy (non-hydrogen) atoms. The average molecular weight is 253 g/mol. The molecule has 0 atom stereocenters. The predicted octanol–water partition coefficient (Wildman–Crippen LogP) is 2.47. The van der Waals surface area contributed by atoms with Gasteiger partial charge in [0, 0.05) is 12.8 Å². The minimum absolute atomic E-state index is 0.00643. The Bertz CT molecular complexity index is 428. The number of Topliss-reactive ketones (excluding diaryl/α,β-unsaturated/α-hetero) is 1. The van der Waals surface area contributed by atoms with Gasteiger partial charge in [0.25, 0.3) is 0 Å². The highest BCUT2D eigenvalue weighted by Gasteiger charge is 2.18. The number of carbonyl (C=O) groups excluding carboxylic acids is 1. The number of piperidine rings is 1. The average Bonchev–Trinajstić information content (AvgIpc) is 2.36. The first-order chi connectivity index (χ1) is 8.66. The third-order valence-electron chi connectivity index (χ3n) is 3.39. The van der Waals surface area contributed by atoms with E-state index in [-0.39, 0.29) is 17.8 Å². The van der Waals surface area contributed by atoms with E-state index >= 15 is 0 Å². The minimum atomic E-state index is -0.892. The molecule has 2 nitrogen and oxygen atoms in total. The van der Waals surface area contributed by atoms with Crippen LogP contribution in [0.5, 0.6) is 0 Å². The fraction of sp³-hybridized carbons (Fsp3) is 0.500. The van der Waals surface area contributed by atoms with Crippen molar-refractivity contribution >= 4 is 5.78 Å². The van der Waals surface area contributed by atoms with Crippen molar-refractivity contribution in [3.05, 3.63) is 35.4 Å². The zero-order chi connectivity index (χ0) is 13.0. The van der Waals surface area contributed by atoms with Crippen LogP contribution >= 0.6 is 0 Å². The molecular weight excluding hydrogens is 236 g/mol. The van der Waals surface area contributed by atoms with Gasteiger partial charge in [0.2, 0.25) is 0 Å². The van der Waals surface area contributed by atoms with Gasteiger partial charge in [0.05, 0.1) is 0 Å². The van der Waals surface area contributed by atoms with Crippen molar-refractivity contribution in [1.29, 1.82) is 0 Å². The lowest BCUT2D eigenvalue weighted by atomic mass is 9.91. The summed E-state index contributed by atoms with van der Waals surface area (Å²) < 4.78 is 26.4. The van der Waals surface area contributed by atoms with Crippen LogP contribution in [0.2, 0.25) is 0 Å². The number of rotatable bonds is 4. The second-order valence-electron chi connectivity index (χ2n) is 4.83. The molecule has 0 unspecified atom stereocenters. The largest absolute Gasteiger partial charge is 0.317 e. The highest BCUT2D eigenvalue weighted by atomic mass is 19.2. The summed E-state index contributed by atoms with van der Waals surface area (Å²) in [6, 6.07) is 3.97. The molecule has 0 aromatic heterocycles. The fourth-order valence-corrected chi connectivity index (χ4v) is 2.38. The van der Waals surface area contributed by atoms with Crippen LogP contribution in [0.15, 0.2) is 18.2 Å². The maximum absolute atomic E-state index is 13.4. The van der Waals surface area contributed by atoms with E-state index in [1.54, 1.807) is 0 Å². The normalized spacial score (nSPS) is 16.8. The summed E-state index contributed by atoms with van der Waals surface area (Å²) in [4.78, 5) is 11.8. The molecule has 1 aliphatic heterocycles. The molecule has 1 saturated heterocycles. The molecule has 0 spiro atoms. The van der Waals surface area contributed by atoms with Crippen LogP contribution in [0.1, 0.15) is 24.8 Å². The van der Waals surface area contributed by atoms with Crippen molar-refractivity contribution in [2.45, 2.75) is 25.7 Å². The number of hydrogen-bond acceptors (Lipinski definition) is 2. The molecule has 2 rings (SSSR count). The van der Waals surface area contributed by atoms with Gasteiger partial charge < -0.3 is 5.32 Å². The second kappa shape index (κ2) is 6.05. The number of ketones is 1. The predicted molar refractivity (Wildman–Crippen MR) is 65.3 cm³/mol. The first-order valence-electron chi connectivity index (χ1n) is 6.32. The molecular formula is C14H17F2NO. The number of halogens is 2. The molecule has 1 fully saturated rings. The highest BCUT2D eigenvalue weighted by Crippen LogP contribution is 2.19. The van der Waals surface area contributed by atoms with Gasteiger partial charge in [-0.05, 0) is 43.5 Å². The third-order valence-corrected chi connectivity index (χ3v) is 3.39. The van der Waals surface area contributed by atoms with E-state index < -0.39 is 11.6 Å². The van der Waals surface area contributed by atoms with Crippen LogP contribution in [-0.2, 0) is 11.2 Å². The molecule has 0 amide bonds. The van der Waals surface area contributed by atoms with E-state index in [0.29, 0.717) is 12.3 Å². The third kappa shape index (κ3) is 3.35. The Morgan fingerprint density at radius 1 is 1.28 bits per heavy atom. The monoisotopic (exact) mass is 253 g/mol. The first-order valence-corrected chi connectivity index (χ1v) is 6.32. The van der Waals surface area contributed by atoms with Crippen molar-refractivity contribution in [1.82, 2.24) is 5.32 Å². The number of hydrogen-bond donors (Lipinski definition) is 1. The van der Waals surface area contributed by atoms with Crippen molar-refractivity contribution in [3.63, 3.8) is 0 Å². The molecule has 1 aliphatic rings. The molecule has 1 heterocycles. The Morgan fingerprint density at radius 2 is 2.00 bits per heavy atom. The topological polar surface area (TPSA) is 29.1 Å². The SMILES string of the molecule is O=C(Cc1cccc(F)c1F)CC1CCNCC1. The molecule has 0 radical (unpaired) electrons. The molecule has 0 aliphatic carbocycles. The zero-order valence-corrected chi connectivity index (χ0v) is 10.2. The van der Waals surface area contributed by atoms with Crippen LogP contribution in [0.3, 0.4) is 0 Å². The Morgan fingerprint density at radius 3 is 2.72 bits per heavy atom. The first kappa shape index (κ1) is 13.1. The van der Waals surface area contributed by atoms with Crippen LogP contribution in [0, 0.1) is 17.6 Å². The summed E-state index contributed by atoms with van der Waals surface area (Å²) in [5, 5.41) is 3.23. The van der Waals surface area contributed by atoms with Crippen LogP contribution < -0.4 is 5.32 Å². The number of carbonyl (C=O) groups is 1. The Hall–Kier alpha value is -1.29. The quantitative estimate of drug-likeness (QED) is 0.893. The number of nitrogens with one attached hydrogen (secondary N) is 1. The van der Waals surface area contributed by atoms with Gasteiger partial charge in [0.1, 0.15) is 5.78 Å². The van der Waals surface area contributed by atoms with Gasteiger partial charge in [-0.25, -0.2) is 8.78 Å². The molecule has 0 saturated carbocycles. The van der Waals surface area contributed by atoms with Gasteiger partial charge in [-0.15, -0.1) is 0 Å². The van der Waals surface area contributed by atoms with E-state index in [0.717, 1.165) is 32.0 Å². The molecule has 0 bridgehead atoms. The van der Waals surface area contributed by atoms with Gasteiger partial charge in [0.15, 0.2) is 11.6 Å². The molecule has 4 heteroatoms. The summed E-state index contributed by atoms with van der Waals surface area (Å²) in [5.41, 5.74) is 0.161. The zero-order valence-electron chi connectivity index (χ0n) is 10.2. The molecule has 1 aromatic rings. The molecule has 1 aromatic carbocycles. The van der Waals surface area contributed by atoms with Gasteiger partial charge in [-0.2, -0.15) is 0 Å². The lowest BCUT2D eigenvalue weighted by Gasteiger charge is -2.21. The lowest BCUT2D eigenvalue weighted by molar-refractivity contribution is -0.119. The fourth-order valence-electron chi connectivity index (χ4n) is 2.38. The van der Waals surface area contributed by atoms with E-state index in [2.05, 4.69) is 5.32 Å².